The minimum absolute atomic E-state index is 0.0631. The van der Waals surface area contributed by atoms with Crippen LogP contribution in [-0.2, 0) is 4.79 Å². The average Bonchev–Trinajstić information content (AvgIpc) is 2.46. The molecule has 1 aromatic rings. The van der Waals surface area contributed by atoms with Crippen molar-refractivity contribution in [3.63, 3.8) is 0 Å². The molecule has 20 heavy (non-hydrogen) atoms. The van der Waals surface area contributed by atoms with Gasteiger partial charge in [0.15, 0.2) is 0 Å². The normalized spacial score (nSPS) is 13.0. The number of nitrogens with two attached hydrogens (primary N) is 1. The molecule has 0 spiro atoms. The minimum atomic E-state index is -0.0814. The lowest BCUT2D eigenvalue weighted by Gasteiger charge is -2.19. The number of nitrogens with one attached hydrogen (secondary N) is 1. The van der Waals surface area contributed by atoms with Gasteiger partial charge in [-0.2, -0.15) is 0 Å². The van der Waals surface area contributed by atoms with Gasteiger partial charge in [0.2, 0.25) is 5.91 Å². The fraction of sp³-hybridized carbons (Fsp3) is 0.429. The molecule has 1 rings (SSSR count). The van der Waals surface area contributed by atoms with Crippen molar-refractivity contribution in [2.75, 3.05) is 20.6 Å². The second-order valence-corrected chi connectivity index (χ2v) is 4.75. The monoisotopic (exact) mass is 278 g/mol. The second-order valence-electron chi connectivity index (χ2n) is 4.75. The van der Waals surface area contributed by atoms with Gasteiger partial charge in [0.1, 0.15) is 5.84 Å². The molecule has 0 aliphatic carbocycles. The summed E-state index contributed by atoms with van der Waals surface area (Å²) in [5, 5.41) is 15.0. The smallest absolute Gasteiger partial charge is 0.223 e. The SMILES string of the molecule is CN(C)C(=O)CCNC(CC(N)=NO)c1ccccc1. The molecule has 0 fully saturated rings. The molecule has 0 saturated carbocycles. The molecule has 0 aromatic heterocycles. The number of carbonyl (C=O) groups excluding carboxylic acids is 1. The first kappa shape index (κ1) is 16.0. The largest absolute Gasteiger partial charge is 0.409 e. The molecule has 1 atom stereocenters. The van der Waals surface area contributed by atoms with Crippen LogP contribution in [0.5, 0.6) is 0 Å². The van der Waals surface area contributed by atoms with E-state index in [0.29, 0.717) is 19.4 Å². The highest BCUT2D eigenvalue weighted by Crippen LogP contribution is 2.16. The molecule has 1 amide bonds. The van der Waals surface area contributed by atoms with E-state index in [4.69, 9.17) is 10.9 Å². The maximum Gasteiger partial charge on any atom is 0.223 e. The van der Waals surface area contributed by atoms with Crippen LogP contribution >= 0.6 is 0 Å². The van der Waals surface area contributed by atoms with Crippen molar-refractivity contribution >= 4 is 11.7 Å². The third kappa shape index (κ3) is 5.27. The average molecular weight is 278 g/mol. The van der Waals surface area contributed by atoms with Gasteiger partial charge in [0.05, 0.1) is 0 Å². The Kier molecular flexibility index (Phi) is 6.52. The van der Waals surface area contributed by atoms with Crippen LogP contribution in [0.1, 0.15) is 24.4 Å². The van der Waals surface area contributed by atoms with Crippen LogP contribution < -0.4 is 11.1 Å². The molecule has 1 unspecified atom stereocenters. The second kappa shape index (κ2) is 8.16. The molecule has 110 valence electrons. The van der Waals surface area contributed by atoms with E-state index in [0.717, 1.165) is 5.56 Å². The molecule has 0 aliphatic heterocycles. The van der Waals surface area contributed by atoms with Gasteiger partial charge >= 0.3 is 0 Å². The summed E-state index contributed by atoms with van der Waals surface area (Å²) >= 11 is 0. The van der Waals surface area contributed by atoms with Gasteiger partial charge < -0.3 is 21.2 Å². The number of amidine groups is 1. The van der Waals surface area contributed by atoms with Crippen molar-refractivity contribution < 1.29 is 10.0 Å². The number of nitrogens with zero attached hydrogens (tertiary/aromatic N) is 2. The third-order valence-corrected chi connectivity index (χ3v) is 2.97. The van der Waals surface area contributed by atoms with Gasteiger partial charge in [0, 0.05) is 39.5 Å². The predicted octanol–water partition coefficient (Wildman–Crippen LogP) is 0.932. The fourth-order valence-corrected chi connectivity index (χ4v) is 1.82. The van der Waals surface area contributed by atoms with Gasteiger partial charge in [-0.25, -0.2) is 0 Å². The molecular formula is C14H22N4O2. The van der Waals surface area contributed by atoms with E-state index in [1.807, 2.05) is 30.3 Å². The van der Waals surface area contributed by atoms with Crippen molar-refractivity contribution in [3.8, 4) is 0 Å². The Morgan fingerprint density at radius 1 is 1.40 bits per heavy atom. The zero-order chi connectivity index (χ0) is 15.0. The highest BCUT2D eigenvalue weighted by molar-refractivity contribution is 5.80. The molecule has 0 bridgehead atoms. The lowest BCUT2D eigenvalue weighted by Crippen LogP contribution is -2.31. The standard InChI is InChI=1S/C14H22N4O2/c1-18(2)14(19)8-9-16-12(10-13(15)17-20)11-6-4-3-5-7-11/h3-7,12,16,20H,8-10H2,1-2H3,(H2,15,17). The van der Waals surface area contributed by atoms with E-state index < -0.39 is 0 Å². The summed E-state index contributed by atoms with van der Waals surface area (Å²) in [4.78, 5) is 13.1. The summed E-state index contributed by atoms with van der Waals surface area (Å²) in [6, 6.07) is 9.65. The van der Waals surface area contributed by atoms with Gasteiger partial charge in [-0.15, -0.1) is 0 Å². The van der Waals surface area contributed by atoms with Crippen LogP contribution in [-0.4, -0.2) is 42.5 Å². The Morgan fingerprint density at radius 2 is 2.05 bits per heavy atom. The molecule has 6 heteroatoms. The van der Waals surface area contributed by atoms with Crippen LogP contribution in [0.3, 0.4) is 0 Å². The topological polar surface area (TPSA) is 91.0 Å². The highest BCUT2D eigenvalue weighted by Gasteiger charge is 2.13. The van der Waals surface area contributed by atoms with Crippen molar-refractivity contribution in [2.45, 2.75) is 18.9 Å². The number of rotatable bonds is 7. The number of hydrogen-bond acceptors (Lipinski definition) is 4. The molecule has 6 nitrogen and oxygen atoms in total. The third-order valence-electron chi connectivity index (χ3n) is 2.97. The first-order chi connectivity index (χ1) is 9.54. The van der Waals surface area contributed by atoms with Crippen LogP contribution in [0.4, 0.5) is 0 Å². The number of hydrogen-bond donors (Lipinski definition) is 3. The zero-order valence-electron chi connectivity index (χ0n) is 11.9. The van der Waals surface area contributed by atoms with E-state index in [1.165, 1.54) is 0 Å². The summed E-state index contributed by atoms with van der Waals surface area (Å²) < 4.78 is 0. The fourth-order valence-electron chi connectivity index (χ4n) is 1.82. The lowest BCUT2D eigenvalue weighted by molar-refractivity contribution is -0.128. The van der Waals surface area contributed by atoms with E-state index in [2.05, 4.69) is 10.5 Å². The van der Waals surface area contributed by atoms with Crippen molar-refractivity contribution in [1.82, 2.24) is 10.2 Å². The molecule has 0 aliphatic rings. The first-order valence-electron chi connectivity index (χ1n) is 6.49. The van der Waals surface area contributed by atoms with Gasteiger partial charge in [-0.1, -0.05) is 35.5 Å². The highest BCUT2D eigenvalue weighted by atomic mass is 16.4. The molecule has 0 radical (unpaired) electrons. The summed E-state index contributed by atoms with van der Waals surface area (Å²) in [6.45, 7) is 0.537. The van der Waals surface area contributed by atoms with Gasteiger partial charge in [-0.3, -0.25) is 4.79 Å². The molecule has 0 heterocycles. The molecule has 4 N–H and O–H groups in total. The quantitative estimate of drug-likeness (QED) is 0.299. The number of benzene rings is 1. The van der Waals surface area contributed by atoms with E-state index in [-0.39, 0.29) is 17.8 Å². The van der Waals surface area contributed by atoms with Gasteiger partial charge in [-0.05, 0) is 5.56 Å². The first-order valence-corrected chi connectivity index (χ1v) is 6.49. The van der Waals surface area contributed by atoms with Crippen LogP contribution in [0, 0.1) is 0 Å². The Hall–Kier alpha value is -2.08. The molecule has 1 aromatic carbocycles. The number of amides is 1. The minimum Gasteiger partial charge on any atom is -0.409 e. The Labute approximate surface area is 119 Å². The molecule has 0 saturated heterocycles. The number of oxime groups is 1. The van der Waals surface area contributed by atoms with Crippen LogP contribution in [0.25, 0.3) is 0 Å². The van der Waals surface area contributed by atoms with Gasteiger partial charge in [0.25, 0.3) is 0 Å². The maximum atomic E-state index is 11.5. The summed E-state index contributed by atoms with van der Waals surface area (Å²) in [5.74, 6) is 0.221. The Morgan fingerprint density at radius 3 is 2.60 bits per heavy atom. The Bertz CT molecular complexity index is 446. The summed E-state index contributed by atoms with van der Waals surface area (Å²) in [5.41, 5.74) is 6.61. The maximum absolute atomic E-state index is 11.5. The van der Waals surface area contributed by atoms with Crippen molar-refractivity contribution in [2.24, 2.45) is 10.9 Å². The Balaban J connectivity index is 2.62. The van der Waals surface area contributed by atoms with Crippen LogP contribution in [0.15, 0.2) is 35.5 Å². The molecular weight excluding hydrogens is 256 g/mol. The van der Waals surface area contributed by atoms with E-state index in [1.54, 1.807) is 19.0 Å². The summed E-state index contributed by atoms with van der Waals surface area (Å²) in [7, 11) is 3.46. The van der Waals surface area contributed by atoms with E-state index >= 15 is 0 Å². The van der Waals surface area contributed by atoms with E-state index in [9.17, 15) is 4.79 Å². The lowest BCUT2D eigenvalue weighted by atomic mass is 10.0. The van der Waals surface area contributed by atoms with Crippen molar-refractivity contribution in [1.29, 1.82) is 0 Å². The predicted molar refractivity (Wildman–Crippen MR) is 78.5 cm³/mol. The summed E-state index contributed by atoms with van der Waals surface area (Å²) in [6.07, 6.45) is 0.795. The van der Waals surface area contributed by atoms with Crippen molar-refractivity contribution in [3.05, 3.63) is 35.9 Å². The number of carbonyl (C=O) groups is 1. The zero-order valence-corrected chi connectivity index (χ0v) is 11.9. The van der Waals surface area contributed by atoms with Crippen LogP contribution in [0.2, 0.25) is 0 Å².